The first-order valence-corrected chi connectivity index (χ1v) is 5.76. The molecule has 0 unspecified atom stereocenters. The van der Waals surface area contributed by atoms with E-state index < -0.39 is 12.1 Å². The summed E-state index contributed by atoms with van der Waals surface area (Å²) in [5.74, 6) is -0.214. The van der Waals surface area contributed by atoms with Gasteiger partial charge in [-0.15, -0.1) is 11.6 Å². The van der Waals surface area contributed by atoms with E-state index in [1.807, 2.05) is 0 Å². The fraction of sp³-hybridized carbons (Fsp3) is 0.800. The number of carbonyl (C=O) groups excluding carboxylic acids is 1. The topological polar surface area (TPSA) is 66.4 Å². The predicted octanol–water partition coefficient (Wildman–Crippen LogP) is 2.01. The molecule has 1 rings (SSSR count). The van der Waals surface area contributed by atoms with Crippen molar-refractivity contribution >= 4 is 23.5 Å². The Kier molecular flexibility index (Phi) is 4.88. The second-order valence-electron chi connectivity index (χ2n) is 3.93. The van der Waals surface area contributed by atoms with E-state index in [0.717, 1.165) is 25.7 Å². The fourth-order valence-electron chi connectivity index (χ4n) is 2.14. The van der Waals surface area contributed by atoms with Crippen molar-refractivity contribution in [3.63, 3.8) is 0 Å². The monoisotopic (exact) mass is 233 g/mol. The summed E-state index contributed by atoms with van der Waals surface area (Å²) in [5, 5.41) is 10.9. The van der Waals surface area contributed by atoms with Crippen LogP contribution in [0.4, 0.5) is 4.79 Å². The zero-order chi connectivity index (χ0) is 11.3. The lowest BCUT2D eigenvalue weighted by molar-refractivity contribution is -0.120. The minimum atomic E-state index is -1.15. The van der Waals surface area contributed by atoms with Crippen LogP contribution < -0.4 is 5.32 Å². The van der Waals surface area contributed by atoms with E-state index >= 15 is 0 Å². The second kappa shape index (κ2) is 5.95. The highest BCUT2D eigenvalue weighted by Crippen LogP contribution is 2.27. The lowest BCUT2D eigenvalue weighted by atomic mass is 9.82. The van der Waals surface area contributed by atoms with Crippen molar-refractivity contribution in [3.8, 4) is 0 Å². The van der Waals surface area contributed by atoms with Crippen LogP contribution in [0.3, 0.4) is 0 Å². The third-order valence-corrected chi connectivity index (χ3v) is 3.14. The second-order valence-corrected chi connectivity index (χ2v) is 4.19. The van der Waals surface area contributed by atoms with E-state index in [9.17, 15) is 9.59 Å². The molecule has 0 aliphatic heterocycles. The Morgan fingerprint density at radius 1 is 1.33 bits per heavy atom. The number of carboxylic acid groups (broad SMARTS) is 1. The molecule has 0 radical (unpaired) electrons. The molecule has 0 aromatic rings. The SMILES string of the molecule is O=C(O)N[C@H](C(=O)CCl)C1CCCCC1. The molecule has 1 saturated carbocycles. The van der Waals surface area contributed by atoms with Crippen LogP contribution >= 0.6 is 11.6 Å². The average Bonchev–Trinajstić information content (AvgIpc) is 2.26. The summed E-state index contributed by atoms with van der Waals surface area (Å²) in [5.41, 5.74) is 0. The average molecular weight is 234 g/mol. The molecule has 86 valence electrons. The number of halogens is 1. The maximum Gasteiger partial charge on any atom is 0.405 e. The van der Waals surface area contributed by atoms with Crippen LogP contribution in [0.15, 0.2) is 0 Å². The Balaban J connectivity index is 2.60. The molecule has 1 aliphatic carbocycles. The standard InChI is InChI=1S/C10H16ClNO3/c11-6-8(13)9(12-10(14)15)7-4-2-1-3-5-7/h7,9,12H,1-6H2,(H,14,15)/t9-/m0/s1. The number of ketones is 1. The van der Waals surface area contributed by atoms with Gasteiger partial charge in [-0.2, -0.15) is 0 Å². The van der Waals surface area contributed by atoms with E-state index in [1.54, 1.807) is 0 Å². The van der Waals surface area contributed by atoms with Gasteiger partial charge in [0.05, 0.1) is 11.9 Å². The maximum absolute atomic E-state index is 11.5. The minimum absolute atomic E-state index is 0.124. The first-order valence-electron chi connectivity index (χ1n) is 5.23. The summed E-state index contributed by atoms with van der Waals surface area (Å²) in [4.78, 5) is 22.1. The van der Waals surface area contributed by atoms with Crippen molar-refractivity contribution in [2.45, 2.75) is 38.1 Å². The van der Waals surface area contributed by atoms with E-state index in [2.05, 4.69) is 5.32 Å². The summed E-state index contributed by atoms with van der Waals surface area (Å²) in [6.07, 6.45) is 3.98. The van der Waals surface area contributed by atoms with Crippen molar-refractivity contribution in [2.75, 3.05) is 5.88 Å². The molecule has 1 amide bonds. The van der Waals surface area contributed by atoms with Crippen LogP contribution in [0, 0.1) is 5.92 Å². The largest absolute Gasteiger partial charge is 0.465 e. The molecule has 0 spiro atoms. The molecule has 0 bridgehead atoms. The van der Waals surface area contributed by atoms with Crippen LogP contribution in [0.25, 0.3) is 0 Å². The molecule has 0 aromatic carbocycles. The molecule has 1 atom stereocenters. The van der Waals surface area contributed by atoms with E-state index in [4.69, 9.17) is 16.7 Å². The van der Waals surface area contributed by atoms with Gasteiger partial charge >= 0.3 is 6.09 Å². The molecule has 1 aliphatic rings. The van der Waals surface area contributed by atoms with Crippen molar-refractivity contribution in [3.05, 3.63) is 0 Å². The maximum atomic E-state index is 11.5. The molecule has 0 aromatic heterocycles. The molecule has 0 saturated heterocycles. The first-order chi connectivity index (χ1) is 7.15. The lowest BCUT2D eigenvalue weighted by Crippen LogP contribution is -2.46. The Hall–Kier alpha value is -0.770. The highest BCUT2D eigenvalue weighted by atomic mass is 35.5. The number of hydrogen-bond acceptors (Lipinski definition) is 2. The molecular weight excluding hydrogens is 218 g/mol. The Bertz CT molecular complexity index is 239. The highest BCUT2D eigenvalue weighted by Gasteiger charge is 2.29. The van der Waals surface area contributed by atoms with Gasteiger partial charge in [-0.1, -0.05) is 19.3 Å². The van der Waals surface area contributed by atoms with Gasteiger partial charge < -0.3 is 10.4 Å². The number of amides is 1. The van der Waals surface area contributed by atoms with Crippen molar-refractivity contribution < 1.29 is 14.7 Å². The van der Waals surface area contributed by atoms with Crippen LogP contribution in [0.5, 0.6) is 0 Å². The van der Waals surface area contributed by atoms with Gasteiger partial charge in [0, 0.05) is 0 Å². The normalized spacial score (nSPS) is 19.5. The number of alkyl halides is 1. The molecule has 2 N–H and O–H groups in total. The summed E-state index contributed by atoms with van der Waals surface area (Å²) >= 11 is 5.47. The lowest BCUT2D eigenvalue weighted by Gasteiger charge is -2.28. The van der Waals surface area contributed by atoms with E-state index in [0.29, 0.717) is 0 Å². The predicted molar refractivity (Wildman–Crippen MR) is 57.3 cm³/mol. The van der Waals surface area contributed by atoms with Gasteiger partial charge in [0.15, 0.2) is 5.78 Å². The van der Waals surface area contributed by atoms with Crippen LogP contribution in [-0.2, 0) is 4.79 Å². The van der Waals surface area contributed by atoms with E-state index in [-0.39, 0.29) is 17.6 Å². The molecule has 5 heteroatoms. The van der Waals surface area contributed by atoms with Crippen LogP contribution in [-0.4, -0.2) is 28.9 Å². The number of Topliss-reactive ketones (excluding diaryl/α,β-unsaturated/α-hetero) is 1. The van der Waals surface area contributed by atoms with Gasteiger partial charge in [-0.3, -0.25) is 4.79 Å². The Morgan fingerprint density at radius 3 is 2.40 bits per heavy atom. The number of carbonyl (C=O) groups is 2. The van der Waals surface area contributed by atoms with Gasteiger partial charge in [-0.25, -0.2) is 4.79 Å². The van der Waals surface area contributed by atoms with Gasteiger partial charge in [0.1, 0.15) is 0 Å². The quantitative estimate of drug-likeness (QED) is 0.730. The molecule has 1 fully saturated rings. The first kappa shape index (κ1) is 12.3. The van der Waals surface area contributed by atoms with Crippen molar-refractivity contribution in [1.82, 2.24) is 5.32 Å². The highest BCUT2D eigenvalue weighted by molar-refractivity contribution is 6.28. The molecular formula is C10H16ClNO3. The minimum Gasteiger partial charge on any atom is -0.465 e. The summed E-state index contributed by atoms with van der Waals surface area (Å²) in [6, 6.07) is -0.611. The molecule has 4 nitrogen and oxygen atoms in total. The smallest absolute Gasteiger partial charge is 0.405 e. The van der Waals surface area contributed by atoms with Crippen molar-refractivity contribution in [1.29, 1.82) is 0 Å². The Labute approximate surface area is 94.0 Å². The Morgan fingerprint density at radius 2 is 1.93 bits per heavy atom. The zero-order valence-corrected chi connectivity index (χ0v) is 9.29. The third-order valence-electron chi connectivity index (χ3n) is 2.88. The van der Waals surface area contributed by atoms with Gasteiger partial charge in [-0.05, 0) is 18.8 Å². The fourth-order valence-corrected chi connectivity index (χ4v) is 2.31. The summed E-state index contributed by atoms with van der Waals surface area (Å²) in [6.45, 7) is 0. The number of rotatable bonds is 4. The summed E-state index contributed by atoms with van der Waals surface area (Å²) in [7, 11) is 0. The van der Waals surface area contributed by atoms with Crippen LogP contribution in [0.1, 0.15) is 32.1 Å². The zero-order valence-electron chi connectivity index (χ0n) is 8.54. The van der Waals surface area contributed by atoms with Crippen molar-refractivity contribution in [2.24, 2.45) is 5.92 Å². The molecule has 15 heavy (non-hydrogen) atoms. The number of nitrogens with one attached hydrogen (secondary N) is 1. The number of hydrogen-bond donors (Lipinski definition) is 2. The molecule has 0 heterocycles. The summed E-state index contributed by atoms with van der Waals surface area (Å²) < 4.78 is 0. The van der Waals surface area contributed by atoms with Gasteiger partial charge in [0.25, 0.3) is 0 Å². The third kappa shape index (κ3) is 3.70. The van der Waals surface area contributed by atoms with E-state index in [1.165, 1.54) is 6.42 Å². The van der Waals surface area contributed by atoms with Gasteiger partial charge in [0.2, 0.25) is 0 Å². The van der Waals surface area contributed by atoms with Crippen LogP contribution in [0.2, 0.25) is 0 Å².